The third-order valence-corrected chi connectivity index (χ3v) is 5.15. The quantitative estimate of drug-likeness (QED) is 0.890. The number of halogens is 1. The maximum Gasteiger partial charge on any atom is 0.322 e. The zero-order chi connectivity index (χ0) is 17.9. The minimum absolute atomic E-state index is 0.0853. The minimum atomic E-state index is -3.43. The van der Waals surface area contributed by atoms with Gasteiger partial charge >= 0.3 is 6.03 Å². The molecular formula is C17H19ClN2O3S. The Kier molecular flexibility index (Phi) is 5.51. The van der Waals surface area contributed by atoms with E-state index in [1.54, 1.807) is 37.4 Å². The second-order valence-electron chi connectivity index (χ2n) is 5.54. The highest BCUT2D eigenvalue weighted by molar-refractivity contribution is 7.90. The number of hydrogen-bond acceptors (Lipinski definition) is 3. The Morgan fingerprint density at radius 1 is 1.17 bits per heavy atom. The van der Waals surface area contributed by atoms with Crippen LogP contribution in [0.4, 0.5) is 10.5 Å². The maximum atomic E-state index is 12.5. The lowest BCUT2D eigenvalue weighted by Crippen LogP contribution is -2.34. The van der Waals surface area contributed by atoms with Crippen LogP contribution in [0.25, 0.3) is 0 Å². The highest BCUT2D eigenvalue weighted by Crippen LogP contribution is 2.24. The van der Waals surface area contributed by atoms with Crippen LogP contribution in [0.5, 0.6) is 0 Å². The molecular weight excluding hydrogens is 348 g/mol. The van der Waals surface area contributed by atoms with Crippen molar-refractivity contribution in [2.45, 2.75) is 17.9 Å². The summed E-state index contributed by atoms with van der Waals surface area (Å²) in [6.45, 7) is 1.87. The number of carbonyl (C=O) groups excluding carboxylic acids is 1. The lowest BCUT2D eigenvalue weighted by atomic mass is 10.1. The molecule has 1 N–H and O–H groups in total. The largest absolute Gasteiger partial charge is 0.322 e. The van der Waals surface area contributed by atoms with Crippen LogP contribution in [0, 0.1) is 0 Å². The van der Waals surface area contributed by atoms with E-state index in [0.717, 1.165) is 11.8 Å². The Morgan fingerprint density at radius 3 is 2.46 bits per heavy atom. The molecule has 0 aliphatic carbocycles. The van der Waals surface area contributed by atoms with Gasteiger partial charge in [0.15, 0.2) is 9.84 Å². The minimum Gasteiger partial charge on any atom is -0.321 e. The van der Waals surface area contributed by atoms with Crippen LogP contribution in [-0.4, -0.2) is 32.7 Å². The van der Waals surface area contributed by atoms with Crippen LogP contribution in [0.15, 0.2) is 53.4 Å². The van der Waals surface area contributed by atoms with Crippen molar-refractivity contribution in [3.8, 4) is 0 Å². The molecule has 0 aliphatic rings. The molecule has 0 radical (unpaired) electrons. The van der Waals surface area contributed by atoms with Gasteiger partial charge in [-0.3, -0.25) is 0 Å². The second kappa shape index (κ2) is 7.23. The number of urea groups is 1. The van der Waals surface area contributed by atoms with E-state index >= 15 is 0 Å². The van der Waals surface area contributed by atoms with Crippen molar-refractivity contribution in [1.29, 1.82) is 0 Å². The molecule has 24 heavy (non-hydrogen) atoms. The maximum absolute atomic E-state index is 12.5. The summed E-state index contributed by atoms with van der Waals surface area (Å²) in [6, 6.07) is 12.9. The normalized spacial score (nSPS) is 12.5. The van der Waals surface area contributed by atoms with Crippen molar-refractivity contribution in [3.63, 3.8) is 0 Å². The molecule has 0 unspecified atom stereocenters. The Morgan fingerprint density at radius 2 is 1.83 bits per heavy atom. The number of anilines is 1. The summed E-state index contributed by atoms with van der Waals surface area (Å²) in [4.78, 5) is 14.1. The first-order chi connectivity index (χ1) is 11.2. The van der Waals surface area contributed by atoms with Crippen LogP contribution < -0.4 is 5.32 Å². The van der Waals surface area contributed by atoms with E-state index < -0.39 is 15.9 Å². The molecule has 128 valence electrons. The summed E-state index contributed by atoms with van der Waals surface area (Å²) in [5.74, 6) is 0. The fraction of sp³-hybridized carbons (Fsp3) is 0.235. The Balaban J connectivity index is 2.21. The van der Waals surface area contributed by atoms with Crippen molar-refractivity contribution in [1.82, 2.24) is 4.90 Å². The van der Waals surface area contributed by atoms with Gasteiger partial charge in [-0.2, -0.15) is 0 Å². The van der Waals surface area contributed by atoms with Crippen LogP contribution >= 0.6 is 11.6 Å². The van der Waals surface area contributed by atoms with E-state index in [1.165, 1.54) is 11.0 Å². The van der Waals surface area contributed by atoms with Crippen molar-refractivity contribution in [3.05, 3.63) is 59.1 Å². The summed E-state index contributed by atoms with van der Waals surface area (Å²) < 4.78 is 23.6. The van der Waals surface area contributed by atoms with Crippen molar-refractivity contribution >= 4 is 33.2 Å². The molecule has 0 aromatic heterocycles. The summed E-state index contributed by atoms with van der Waals surface area (Å²) in [7, 11) is -1.79. The molecule has 2 aromatic carbocycles. The number of nitrogens with one attached hydrogen (secondary N) is 1. The topological polar surface area (TPSA) is 66.5 Å². The number of nitrogens with zero attached hydrogens (tertiary/aromatic N) is 1. The van der Waals surface area contributed by atoms with Gasteiger partial charge in [0.05, 0.1) is 16.6 Å². The highest BCUT2D eigenvalue weighted by atomic mass is 35.5. The van der Waals surface area contributed by atoms with Crippen molar-refractivity contribution < 1.29 is 13.2 Å². The fourth-order valence-electron chi connectivity index (χ4n) is 2.26. The molecule has 0 heterocycles. The lowest BCUT2D eigenvalue weighted by molar-refractivity contribution is 0.208. The van der Waals surface area contributed by atoms with E-state index in [0.29, 0.717) is 5.02 Å². The van der Waals surface area contributed by atoms with Gasteiger partial charge in [-0.1, -0.05) is 35.9 Å². The molecule has 2 rings (SSSR count). The van der Waals surface area contributed by atoms with Crippen LogP contribution in [0.2, 0.25) is 5.02 Å². The second-order valence-corrected chi connectivity index (χ2v) is 7.96. The summed E-state index contributed by atoms with van der Waals surface area (Å²) >= 11 is 5.99. The zero-order valence-electron chi connectivity index (χ0n) is 13.7. The van der Waals surface area contributed by atoms with Gasteiger partial charge in [-0.15, -0.1) is 0 Å². The molecule has 2 aromatic rings. The number of carbonyl (C=O) groups is 1. The van der Waals surface area contributed by atoms with Crippen molar-refractivity contribution in [2.24, 2.45) is 0 Å². The highest BCUT2D eigenvalue weighted by Gasteiger charge is 2.20. The molecule has 0 bridgehead atoms. The summed E-state index contributed by atoms with van der Waals surface area (Å²) in [6.07, 6.45) is 1.11. The smallest absolute Gasteiger partial charge is 0.321 e. The first-order valence-electron chi connectivity index (χ1n) is 7.28. The number of rotatable bonds is 4. The molecule has 0 saturated carbocycles. The third-order valence-electron chi connectivity index (χ3n) is 3.76. The molecule has 0 saturated heterocycles. The van der Waals surface area contributed by atoms with Gasteiger partial charge in [-0.05, 0) is 36.8 Å². The average Bonchev–Trinajstić information content (AvgIpc) is 2.53. The first-order valence-corrected chi connectivity index (χ1v) is 9.55. The molecule has 1 atom stereocenters. The van der Waals surface area contributed by atoms with Gasteiger partial charge < -0.3 is 10.2 Å². The van der Waals surface area contributed by atoms with Crippen LogP contribution in [0.3, 0.4) is 0 Å². The predicted octanol–water partition coefficient (Wildman–Crippen LogP) is 3.97. The van der Waals surface area contributed by atoms with Crippen LogP contribution in [-0.2, 0) is 9.84 Å². The molecule has 0 fully saturated rings. The number of hydrogen-bond donors (Lipinski definition) is 1. The lowest BCUT2D eigenvalue weighted by Gasteiger charge is -2.26. The number of sulfone groups is 1. The first kappa shape index (κ1) is 18.3. The van der Waals surface area contributed by atoms with Gasteiger partial charge in [0.25, 0.3) is 0 Å². The van der Waals surface area contributed by atoms with Crippen molar-refractivity contribution in [2.75, 3.05) is 18.6 Å². The predicted molar refractivity (Wildman–Crippen MR) is 96.2 cm³/mol. The van der Waals surface area contributed by atoms with E-state index in [1.807, 2.05) is 19.1 Å². The monoisotopic (exact) mass is 366 g/mol. The molecule has 0 spiro atoms. The summed E-state index contributed by atoms with van der Waals surface area (Å²) in [5.41, 5.74) is 1.15. The SMILES string of the molecule is C[C@@H](c1cccc(Cl)c1)N(C)C(=O)Nc1ccccc1S(C)(=O)=O. The molecule has 2 amide bonds. The zero-order valence-corrected chi connectivity index (χ0v) is 15.2. The van der Waals surface area contributed by atoms with Gasteiger partial charge in [0.2, 0.25) is 0 Å². The average molecular weight is 367 g/mol. The van der Waals surface area contributed by atoms with E-state index in [-0.39, 0.29) is 16.6 Å². The number of amides is 2. The molecule has 0 aliphatic heterocycles. The Hall–Kier alpha value is -2.05. The molecule has 7 heteroatoms. The van der Waals surface area contributed by atoms with E-state index in [2.05, 4.69) is 5.32 Å². The number of benzene rings is 2. The van der Waals surface area contributed by atoms with E-state index in [9.17, 15) is 13.2 Å². The van der Waals surface area contributed by atoms with Gasteiger partial charge in [0.1, 0.15) is 0 Å². The fourth-order valence-corrected chi connectivity index (χ4v) is 3.31. The van der Waals surface area contributed by atoms with Gasteiger partial charge in [-0.25, -0.2) is 13.2 Å². The van der Waals surface area contributed by atoms with Crippen LogP contribution in [0.1, 0.15) is 18.5 Å². The van der Waals surface area contributed by atoms with E-state index in [4.69, 9.17) is 11.6 Å². The Labute approximate surface area is 147 Å². The summed E-state index contributed by atoms with van der Waals surface area (Å²) in [5, 5.41) is 3.25. The third kappa shape index (κ3) is 4.27. The number of para-hydroxylation sites is 1. The Bertz CT molecular complexity index is 852. The molecule has 5 nitrogen and oxygen atoms in total. The standard InChI is InChI=1S/C17H19ClN2O3S/c1-12(13-7-6-8-14(18)11-13)20(2)17(21)19-15-9-4-5-10-16(15)24(3,22)23/h4-12H,1-3H3,(H,19,21)/t12-/m0/s1. The van der Waals surface area contributed by atoms with Gasteiger partial charge in [0, 0.05) is 18.3 Å².